The molecule has 1 amide bonds. The van der Waals surface area contributed by atoms with Crippen molar-refractivity contribution in [2.24, 2.45) is 10.9 Å². The monoisotopic (exact) mass is 569 g/mol. The number of hydrogen-bond donors (Lipinski definition) is 2. The number of nitrogens with zero attached hydrogens (tertiary/aromatic N) is 3. The van der Waals surface area contributed by atoms with Crippen LogP contribution in [-0.2, 0) is 23.2 Å². The topological polar surface area (TPSA) is 69.6 Å². The van der Waals surface area contributed by atoms with Crippen LogP contribution in [0.2, 0.25) is 0 Å². The number of amides is 1. The Hall–Kier alpha value is -1.68. The van der Waals surface area contributed by atoms with Crippen LogP contribution in [0.3, 0.4) is 0 Å². The fourth-order valence-electron chi connectivity index (χ4n) is 3.57. The molecule has 0 saturated carbocycles. The zero-order valence-corrected chi connectivity index (χ0v) is 22.7. The van der Waals surface area contributed by atoms with E-state index in [1.807, 2.05) is 23.1 Å². The van der Waals surface area contributed by atoms with E-state index in [2.05, 4.69) is 55.8 Å². The lowest BCUT2D eigenvalue weighted by atomic mass is 9.93. The van der Waals surface area contributed by atoms with Gasteiger partial charge in [-0.25, -0.2) is 9.98 Å². The summed E-state index contributed by atoms with van der Waals surface area (Å²) in [5.41, 5.74) is 2.44. The van der Waals surface area contributed by atoms with Crippen molar-refractivity contribution in [2.45, 2.75) is 52.5 Å². The molecule has 1 unspecified atom stereocenters. The van der Waals surface area contributed by atoms with Gasteiger partial charge in [0.05, 0.1) is 12.2 Å². The van der Waals surface area contributed by atoms with Gasteiger partial charge in [-0.15, -0.1) is 35.3 Å². The number of carbonyl (C=O) groups excluding carboxylic acids is 1. The number of thiazole rings is 1. The van der Waals surface area contributed by atoms with E-state index in [4.69, 9.17) is 9.98 Å². The highest BCUT2D eigenvalue weighted by Gasteiger charge is 2.29. The molecule has 2 aromatic rings. The number of likely N-dealkylation sites (tertiary alicyclic amines) is 1. The highest BCUT2D eigenvalue weighted by molar-refractivity contribution is 14.0. The zero-order chi connectivity index (χ0) is 22.3. The van der Waals surface area contributed by atoms with E-state index in [1.54, 1.807) is 11.3 Å². The van der Waals surface area contributed by atoms with Crippen LogP contribution in [0.4, 0.5) is 0 Å². The molecule has 1 fully saturated rings. The first-order valence-corrected chi connectivity index (χ1v) is 12.0. The molecule has 1 aromatic heterocycles. The fourth-order valence-corrected chi connectivity index (χ4v) is 4.52. The second-order valence-corrected chi connectivity index (χ2v) is 10.0. The summed E-state index contributed by atoms with van der Waals surface area (Å²) in [5, 5.41) is 9.86. The Morgan fingerprint density at radius 3 is 2.66 bits per heavy atom. The van der Waals surface area contributed by atoms with Gasteiger partial charge in [0.25, 0.3) is 0 Å². The number of nitrogens with one attached hydrogen (secondary N) is 2. The lowest BCUT2D eigenvalue weighted by Gasteiger charge is -2.18. The lowest BCUT2D eigenvalue weighted by molar-refractivity contribution is -0.127. The Labute approximate surface area is 213 Å². The van der Waals surface area contributed by atoms with Gasteiger partial charge in [-0.05, 0) is 18.9 Å². The van der Waals surface area contributed by atoms with Crippen molar-refractivity contribution >= 4 is 47.2 Å². The largest absolute Gasteiger partial charge is 0.357 e. The molecule has 6 nitrogen and oxygen atoms in total. The van der Waals surface area contributed by atoms with Gasteiger partial charge < -0.3 is 15.5 Å². The molecule has 32 heavy (non-hydrogen) atoms. The van der Waals surface area contributed by atoms with E-state index in [1.165, 1.54) is 5.56 Å². The first kappa shape index (κ1) is 26.6. The first-order valence-electron chi connectivity index (χ1n) is 11.1. The van der Waals surface area contributed by atoms with E-state index in [0.29, 0.717) is 18.9 Å². The van der Waals surface area contributed by atoms with Gasteiger partial charge in [-0.2, -0.15) is 0 Å². The van der Waals surface area contributed by atoms with E-state index in [-0.39, 0.29) is 35.3 Å². The van der Waals surface area contributed by atoms with E-state index in [0.717, 1.165) is 49.3 Å². The van der Waals surface area contributed by atoms with Crippen LogP contribution in [0.25, 0.3) is 0 Å². The molecule has 0 aliphatic carbocycles. The van der Waals surface area contributed by atoms with Crippen LogP contribution in [0.5, 0.6) is 0 Å². The van der Waals surface area contributed by atoms with Crippen molar-refractivity contribution in [3.8, 4) is 0 Å². The predicted molar refractivity (Wildman–Crippen MR) is 144 cm³/mol. The molecule has 1 aliphatic heterocycles. The summed E-state index contributed by atoms with van der Waals surface area (Å²) in [6.07, 6.45) is 1.50. The van der Waals surface area contributed by atoms with Gasteiger partial charge in [0.15, 0.2) is 5.96 Å². The van der Waals surface area contributed by atoms with Gasteiger partial charge in [-0.1, -0.05) is 51.1 Å². The highest BCUT2D eigenvalue weighted by atomic mass is 127. The maximum absolute atomic E-state index is 12.4. The van der Waals surface area contributed by atoms with Crippen LogP contribution >= 0.6 is 35.3 Å². The van der Waals surface area contributed by atoms with Crippen molar-refractivity contribution in [1.82, 2.24) is 20.5 Å². The molecule has 1 atom stereocenters. The number of carbonyl (C=O) groups is 1. The minimum absolute atomic E-state index is 0. The molecule has 1 aliphatic rings. The fraction of sp³-hybridized carbons (Fsp3) is 0.542. The molecule has 2 heterocycles. The summed E-state index contributed by atoms with van der Waals surface area (Å²) in [4.78, 5) is 23.8. The molecule has 0 bridgehead atoms. The highest BCUT2D eigenvalue weighted by Crippen LogP contribution is 2.24. The summed E-state index contributed by atoms with van der Waals surface area (Å²) >= 11 is 1.66. The van der Waals surface area contributed by atoms with E-state index >= 15 is 0 Å². The standard InChI is InChI=1S/C24H35N5OS.HI/c1-5-25-23(27-15-21-28-20(17-31-21)24(2,3)4)26-14-19-13-22(30)29(16-19)12-11-18-9-7-6-8-10-18;/h6-10,17,19H,5,11-16H2,1-4H3,(H2,25,26,27);1H. The summed E-state index contributed by atoms with van der Waals surface area (Å²) in [6.45, 7) is 12.3. The van der Waals surface area contributed by atoms with E-state index < -0.39 is 0 Å². The third-order valence-corrected chi connectivity index (χ3v) is 6.24. The smallest absolute Gasteiger partial charge is 0.223 e. The Morgan fingerprint density at radius 1 is 1.25 bits per heavy atom. The average Bonchev–Trinajstić information content (AvgIpc) is 3.36. The molecule has 3 rings (SSSR count). The lowest BCUT2D eigenvalue weighted by Crippen LogP contribution is -2.40. The number of guanidine groups is 1. The molecule has 1 saturated heterocycles. The summed E-state index contributed by atoms with van der Waals surface area (Å²) in [6, 6.07) is 10.3. The summed E-state index contributed by atoms with van der Waals surface area (Å²) in [7, 11) is 0. The Kier molecular flexibility index (Phi) is 10.4. The molecule has 0 spiro atoms. The van der Waals surface area contributed by atoms with Crippen LogP contribution < -0.4 is 10.6 Å². The summed E-state index contributed by atoms with van der Waals surface area (Å²) < 4.78 is 0. The van der Waals surface area contributed by atoms with Crippen molar-refractivity contribution in [2.75, 3.05) is 26.2 Å². The van der Waals surface area contributed by atoms with Gasteiger partial charge in [0.2, 0.25) is 5.91 Å². The number of hydrogen-bond acceptors (Lipinski definition) is 4. The third kappa shape index (κ3) is 8.03. The van der Waals surface area contributed by atoms with E-state index in [9.17, 15) is 4.79 Å². The number of benzene rings is 1. The number of aliphatic imine (C=N–C) groups is 1. The van der Waals surface area contributed by atoms with Crippen molar-refractivity contribution in [3.05, 3.63) is 52.0 Å². The second-order valence-electron chi connectivity index (χ2n) is 9.10. The Morgan fingerprint density at radius 2 is 2.00 bits per heavy atom. The summed E-state index contributed by atoms with van der Waals surface area (Å²) in [5.74, 6) is 1.34. The average molecular weight is 570 g/mol. The van der Waals surface area contributed by atoms with Gasteiger partial charge in [-0.3, -0.25) is 4.79 Å². The van der Waals surface area contributed by atoms with Crippen LogP contribution in [-0.4, -0.2) is 47.9 Å². The van der Waals surface area contributed by atoms with Gasteiger partial charge >= 0.3 is 0 Å². The second kappa shape index (κ2) is 12.5. The zero-order valence-electron chi connectivity index (χ0n) is 19.6. The van der Waals surface area contributed by atoms with Gasteiger partial charge in [0, 0.05) is 49.3 Å². The Balaban J connectivity index is 0.00000363. The number of aromatic nitrogens is 1. The molecule has 1 aromatic carbocycles. The normalized spacial score (nSPS) is 16.8. The van der Waals surface area contributed by atoms with Crippen LogP contribution in [0.15, 0.2) is 40.7 Å². The van der Waals surface area contributed by atoms with Gasteiger partial charge in [0.1, 0.15) is 5.01 Å². The third-order valence-electron chi connectivity index (χ3n) is 5.40. The minimum Gasteiger partial charge on any atom is -0.357 e. The molecule has 2 N–H and O–H groups in total. The SMILES string of the molecule is CCNC(=NCc1nc(C(C)(C)C)cs1)NCC1CC(=O)N(CCc2ccccc2)C1.I. The molecule has 8 heteroatoms. The van der Waals surface area contributed by atoms with Crippen molar-refractivity contribution < 1.29 is 4.79 Å². The number of halogens is 1. The maximum Gasteiger partial charge on any atom is 0.223 e. The molecular weight excluding hydrogens is 533 g/mol. The molecule has 176 valence electrons. The Bertz CT molecular complexity index is 878. The quantitative estimate of drug-likeness (QED) is 0.284. The van der Waals surface area contributed by atoms with Crippen LogP contribution in [0.1, 0.15) is 50.4 Å². The minimum atomic E-state index is 0. The van der Waals surface area contributed by atoms with Crippen LogP contribution in [0, 0.1) is 5.92 Å². The number of rotatable bonds is 8. The predicted octanol–water partition coefficient (Wildman–Crippen LogP) is 4.20. The molecule has 0 radical (unpaired) electrons. The maximum atomic E-state index is 12.4. The first-order chi connectivity index (χ1) is 14.8. The van der Waals surface area contributed by atoms with Crippen molar-refractivity contribution in [3.63, 3.8) is 0 Å². The molecular formula is C24H36IN5OS. The van der Waals surface area contributed by atoms with Crippen molar-refractivity contribution in [1.29, 1.82) is 0 Å².